The molecule has 0 N–H and O–H groups in total. The van der Waals surface area contributed by atoms with Crippen molar-refractivity contribution in [3.63, 3.8) is 0 Å². The van der Waals surface area contributed by atoms with Crippen LogP contribution in [-0.4, -0.2) is 29.9 Å². The van der Waals surface area contributed by atoms with Crippen LogP contribution < -0.4 is 4.74 Å². The highest BCUT2D eigenvalue weighted by atomic mass is 16.5. The Morgan fingerprint density at radius 1 is 1.38 bits per heavy atom. The Labute approximate surface area is 126 Å². The number of likely N-dealkylation sites (tertiary alicyclic amines) is 1. The standard InChI is InChI=1S/C17H23NO3/c1-4-12(2)15-7-5-6-8-16(15)21-17(20)14-9-10-18(11-14)13(3)19/h5-8,12,14H,4,9-11H2,1-3H3. The fourth-order valence-corrected chi connectivity index (χ4v) is 2.63. The fourth-order valence-electron chi connectivity index (χ4n) is 2.63. The number of esters is 1. The molecular formula is C17H23NO3. The monoisotopic (exact) mass is 289 g/mol. The number of hydrogen-bond donors (Lipinski definition) is 0. The van der Waals surface area contributed by atoms with Crippen LogP contribution in [0.4, 0.5) is 0 Å². The molecule has 2 atom stereocenters. The molecule has 1 heterocycles. The molecule has 2 rings (SSSR count). The maximum atomic E-state index is 12.3. The highest BCUT2D eigenvalue weighted by Gasteiger charge is 2.31. The van der Waals surface area contributed by atoms with Gasteiger partial charge in [-0.1, -0.05) is 32.0 Å². The van der Waals surface area contributed by atoms with Crippen molar-refractivity contribution in [1.29, 1.82) is 0 Å². The fraction of sp³-hybridized carbons (Fsp3) is 0.529. The Morgan fingerprint density at radius 3 is 2.71 bits per heavy atom. The lowest BCUT2D eigenvalue weighted by molar-refractivity contribution is -0.138. The molecule has 1 amide bonds. The first kappa shape index (κ1) is 15.5. The zero-order chi connectivity index (χ0) is 15.4. The van der Waals surface area contributed by atoms with Crippen LogP contribution in [0.1, 0.15) is 45.1 Å². The molecule has 0 aliphatic carbocycles. The van der Waals surface area contributed by atoms with Crippen molar-refractivity contribution in [2.75, 3.05) is 13.1 Å². The second-order valence-electron chi connectivity index (χ2n) is 5.72. The molecule has 1 aliphatic rings. The van der Waals surface area contributed by atoms with Crippen LogP contribution in [0.15, 0.2) is 24.3 Å². The van der Waals surface area contributed by atoms with Crippen LogP contribution in [-0.2, 0) is 9.59 Å². The second kappa shape index (κ2) is 6.74. The van der Waals surface area contributed by atoms with Gasteiger partial charge >= 0.3 is 5.97 Å². The molecule has 0 aromatic heterocycles. The van der Waals surface area contributed by atoms with Crippen molar-refractivity contribution in [2.45, 2.75) is 39.5 Å². The predicted molar refractivity (Wildman–Crippen MR) is 81.1 cm³/mol. The highest BCUT2D eigenvalue weighted by molar-refractivity contribution is 5.79. The van der Waals surface area contributed by atoms with Gasteiger partial charge in [0.05, 0.1) is 5.92 Å². The Hall–Kier alpha value is -1.84. The largest absolute Gasteiger partial charge is 0.426 e. The first-order valence-electron chi connectivity index (χ1n) is 7.59. The van der Waals surface area contributed by atoms with Gasteiger partial charge in [0.15, 0.2) is 0 Å². The molecule has 1 fully saturated rings. The number of ether oxygens (including phenoxy) is 1. The Morgan fingerprint density at radius 2 is 2.10 bits per heavy atom. The summed E-state index contributed by atoms with van der Waals surface area (Å²) in [6, 6.07) is 7.70. The molecule has 114 valence electrons. The number of nitrogens with zero attached hydrogens (tertiary/aromatic N) is 1. The van der Waals surface area contributed by atoms with Gasteiger partial charge in [-0.15, -0.1) is 0 Å². The molecule has 2 unspecified atom stereocenters. The Kier molecular flexibility index (Phi) is 4.99. The summed E-state index contributed by atoms with van der Waals surface area (Å²) in [6.07, 6.45) is 1.68. The number of benzene rings is 1. The zero-order valence-electron chi connectivity index (χ0n) is 13.0. The summed E-state index contributed by atoms with van der Waals surface area (Å²) in [5, 5.41) is 0. The van der Waals surface area contributed by atoms with Gasteiger partial charge in [-0.2, -0.15) is 0 Å². The van der Waals surface area contributed by atoms with Crippen LogP contribution in [0, 0.1) is 5.92 Å². The van der Waals surface area contributed by atoms with E-state index in [0.29, 0.717) is 31.2 Å². The molecule has 1 aliphatic heterocycles. The molecule has 4 nitrogen and oxygen atoms in total. The van der Waals surface area contributed by atoms with Crippen molar-refractivity contribution >= 4 is 11.9 Å². The minimum atomic E-state index is -0.227. The van der Waals surface area contributed by atoms with Gasteiger partial charge in [-0.25, -0.2) is 0 Å². The summed E-state index contributed by atoms with van der Waals surface area (Å²) >= 11 is 0. The third kappa shape index (κ3) is 3.63. The van der Waals surface area contributed by atoms with Gasteiger partial charge in [0.25, 0.3) is 0 Å². The lowest BCUT2D eigenvalue weighted by Crippen LogP contribution is -2.29. The Balaban J connectivity index is 2.05. The molecule has 0 spiro atoms. The van der Waals surface area contributed by atoms with Crippen LogP contribution in [0.5, 0.6) is 5.75 Å². The van der Waals surface area contributed by atoms with Crippen LogP contribution in [0.2, 0.25) is 0 Å². The van der Waals surface area contributed by atoms with E-state index in [1.54, 1.807) is 4.90 Å². The van der Waals surface area contributed by atoms with Gasteiger partial charge in [0, 0.05) is 20.0 Å². The second-order valence-corrected chi connectivity index (χ2v) is 5.72. The van der Waals surface area contributed by atoms with Crippen molar-refractivity contribution in [3.05, 3.63) is 29.8 Å². The van der Waals surface area contributed by atoms with Crippen LogP contribution in [0.25, 0.3) is 0 Å². The predicted octanol–water partition coefficient (Wildman–Crippen LogP) is 2.97. The molecule has 21 heavy (non-hydrogen) atoms. The molecule has 1 aromatic carbocycles. The van der Waals surface area contributed by atoms with Crippen molar-refractivity contribution in [1.82, 2.24) is 4.90 Å². The normalized spacial score (nSPS) is 19.4. The molecule has 4 heteroatoms. The van der Waals surface area contributed by atoms with E-state index >= 15 is 0 Å². The molecule has 0 radical (unpaired) electrons. The summed E-state index contributed by atoms with van der Waals surface area (Å²) in [5.41, 5.74) is 1.06. The topological polar surface area (TPSA) is 46.6 Å². The summed E-state index contributed by atoms with van der Waals surface area (Å²) in [7, 11) is 0. The quantitative estimate of drug-likeness (QED) is 0.632. The average Bonchev–Trinajstić information content (AvgIpc) is 2.97. The van der Waals surface area contributed by atoms with Gasteiger partial charge in [-0.05, 0) is 30.4 Å². The number of rotatable bonds is 4. The number of amides is 1. The molecule has 1 saturated heterocycles. The molecular weight excluding hydrogens is 266 g/mol. The first-order valence-corrected chi connectivity index (χ1v) is 7.59. The molecule has 0 bridgehead atoms. The van der Waals surface area contributed by atoms with Crippen LogP contribution in [0.3, 0.4) is 0 Å². The number of para-hydroxylation sites is 1. The SMILES string of the molecule is CCC(C)c1ccccc1OC(=O)C1CCN(C(C)=O)C1. The average molecular weight is 289 g/mol. The summed E-state index contributed by atoms with van der Waals surface area (Å²) in [4.78, 5) is 25.3. The maximum absolute atomic E-state index is 12.3. The number of carbonyl (C=O) groups is 2. The van der Waals surface area contributed by atoms with Crippen LogP contribution >= 0.6 is 0 Å². The van der Waals surface area contributed by atoms with E-state index in [0.717, 1.165) is 12.0 Å². The van der Waals surface area contributed by atoms with E-state index in [1.807, 2.05) is 24.3 Å². The summed E-state index contributed by atoms with van der Waals surface area (Å²) < 4.78 is 5.60. The van der Waals surface area contributed by atoms with E-state index in [2.05, 4.69) is 13.8 Å². The zero-order valence-corrected chi connectivity index (χ0v) is 13.0. The van der Waals surface area contributed by atoms with E-state index in [1.165, 1.54) is 6.92 Å². The van der Waals surface area contributed by atoms with Gasteiger partial charge in [0.2, 0.25) is 5.91 Å². The van der Waals surface area contributed by atoms with E-state index < -0.39 is 0 Å². The highest BCUT2D eigenvalue weighted by Crippen LogP contribution is 2.29. The van der Waals surface area contributed by atoms with Gasteiger partial charge in [0.1, 0.15) is 5.75 Å². The van der Waals surface area contributed by atoms with Gasteiger partial charge < -0.3 is 9.64 Å². The lowest BCUT2D eigenvalue weighted by atomic mass is 9.98. The number of hydrogen-bond acceptors (Lipinski definition) is 3. The van der Waals surface area contributed by atoms with E-state index in [4.69, 9.17) is 4.74 Å². The van der Waals surface area contributed by atoms with Crippen molar-refractivity contribution in [3.8, 4) is 5.75 Å². The van der Waals surface area contributed by atoms with Gasteiger partial charge in [-0.3, -0.25) is 9.59 Å². The number of carbonyl (C=O) groups excluding carboxylic acids is 2. The lowest BCUT2D eigenvalue weighted by Gasteiger charge is -2.17. The van der Waals surface area contributed by atoms with E-state index in [9.17, 15) is 9.59 Å². The Bertz CT molecular complexity index is 527. The third-order valence-electron chi connectivity index (χ3n) is 4.24. The minimum Gasteiger partial charge on any atom is -0.426 e. The maximum Gasteiger partial charge on any atom is 0.316 e. The summed E-state index contributed by atoms with van der Waals surface area (Å²) in [6.45, 7) is 6.89. The minimum absolute atomic E-state index is 0.0188. The summed E-state index contributed by atoms with van der Waals surface area (Å²) in [5.74, 6) is 0.586. The smallest absolute Gasteiger partial charge is 0.316 e. The molecule has 1 aromatic rings. The third-order valence-corrected chi connectivity index (χ3v) is 4.24. The molecule has 0 saturated carbocycles. The van der Waals surface area contributed by atoms with E-state index in [-0.39, 0.29) is 17.8 Å². The first-order chi connectivity index (χ1) is 10.0. The van der Waals surface area contributed by atoms with Crippen molar-refractivity contribution < 1.29 is 14.3 Å². The van der Waals surface area contributed by atoms with Crippen molar-refractivity contribution in [2.24, 2.45) is 5.92 Å².